The molecule has 0 aliphatic carbocycles. The zero-order chi connectivity index (χ0) is 14.7. The number of amides is 1. The second kappa shape index (κ2) is 6.74. The summed E-state index contributed by atoms with van der Waals surface area (Å²) in [4.78, 5) is 14.8. The van der Waals surface area contributed by atoms with Gasteiger partial charge in [-0.15, -0.1) is 0 Å². The molecule has 0 aromatic carbocycles. The number of hydrogen-bond acceptors (Lipinski definition) is 2. The van der Waals surface area contributed by atoms with Gasteiger partial charge >= 0.3 is 0 Å². The quantitative estimate of drug-likeness (QED) is 0.802. The van der Waals surface area contributed by atoms with E-state index in [4.69, 9.17) is 0 Å². The molecule has 1 saturated heterocycles. The summed E-state index contributed by atoms with van der Waals surface area (Å²) in [5.41, 5.74) is 0. The van der Waals surface area contributed by atoms with Crippen LogP contribution in [-0.4, -0.2) is 29.1 Å². The average Bonchev–Trinajstić information content (AvgIpc) is 2.63. The minimum absolute atomic E-state index is 0.00921. The molecule has 112 valence electrons. The fraction of sp³-hybridized carbons (Fsp3) is 0.938. The van der Waals surface area contributed by atoms with Gasteiger partial charge in [0.1, 0.15) is 0 Å². The van der Waals surface area contributed by atoms with Gasteiger partial charge in [-0.05, 0) is 31.1 Å². The molecule has 1 rings (SSSR count). The molecular formula is C16H32N2O. The van der Waals surface area contributed by atoms with E-state index in [2.05, 4.69) is 58.7 Å². The Morgan fingerprint density at radius 3 is 2.16 bits per heavy atom. The molecule has 0 saturated carbocycles. The summed E-state index contributed by atoms with van der Waals surface area (Å²) in [6, 6.07) is 0.313. The van der Waals surface area contributed by atoms with Crippen LogP contribution < -0.4 is 5.32 Å². The summed E-state index contributed by atoms with van der Waals surface area (Å²) < 4.78 is 0. The highest BCUT2D eigenvalue weighted by molar-refractivity contribution is 5.85. The smallest absolute Gasteiger partial charge is 0.241 e. The van der Waals surface area contributed by atoms with Gasteiger partial charge in [-0.1, -0.05) is 48.0 Å². The molecule has 1 aliphatic rings. The summed E-state index contributed by atoms with van der Waals surface area (Å²) in [7, 11) is 0. The Kier molecular flexibility index (Phi) is 5.84. The summed E-state index contributed by atoms with van der Waals surface area (Å²) in [5.74, 6) is 1.81. The average molecular weight is 268 g/mol. The first-order chi connectivity index (χ1) is 8.79. The van der Waals surface area contributed by atoms with Crippen molar-refractivity contribution in [3.8, 4) is 0 Å². The molecule has 0 radical (unpaired) electrons. The molecule has 3 heteroatoms. The molecule has 0 aromatic rings. The largest absolute Gasteiger partial charge is 0.323 e. The highest BCUT2D eigenvalue weighted by atomic mass is 16.2. The molecule has 19 heavy (non-hydrogen) atoms. The van der Waals surface area contributed by atoms with Crippen LogP contribution in [0.2, 0.25) is 0 Å². The Hall–Kier alpha value is -0.570. The first kappa shape index (κ1) is 16.5. The summed E-state index contributed by atoms with van der Waals surface area (Å²) in [6.07, 6.45) is 2.29. The lowest BCUT2D eigenvalue weighted by Gasteiger charge is -2.33. The molecule has 1 fully saturated rings. The lowest BCUT2D eigenvalue weighted by molar-refractivity contribution is -0.133. The van der Waals surface area contributed by atoms with Crippen LogP contribution in [-0.2, 0) is 4.79 Å². The van der Waals surface area contributed by atoms with Gasteiger partial charge in [0.05, 0.1) is 12.2 Å². The molecule has 1 heterocycles. The van der Waals surface area contributed by atoms with Gasteiger partial charge in [0, 0.05) is 6.04 Å². The Morgan fingerprint density at radius 1 is 1.16 bits per heavy atom. The van der Waals surface area contributed by atoms with E-state index in [1.807, 2.05) is 0 Å². The molecule has 1 N–H and O–H groups in total. The Labute approximate surface area is 119 Å². The fourth-order valence-electron chi connectivity index (χ4n) is 2.75. The van der Waals surface area contributed by atoms with Crippen molar-refractivity contribution in [3.63, 3.8) is 0 Å². The Balaban J connectivity index is 2.91. The third-order valence-electron chi connectivity index (χ3n) is 4.54. The predicted octanol–water partition coefficient (Wildman–Crippen LogP) is 3.25. The first-order valence-corrected chi connectivity index (χ1v) is 7.87. The molecule has 0 aromatic heterocycles. The minimum Gasteiger partial charge on any atom is -0.323 e. The van der Waals surface area contributed by atoms with E-state index in [9.17, 15) is 4.79 Å². The van der Waals surface area contributed by atoms with Crippen molar-refractivity contribution in [1.29, 1.82) is 0 Å². The maximum absolute atomic E-state index is 12.7. The van der Waals surface area contributed by atoms with Crippen LogP contribution in [0, 0.1) is 17.8 Å². The maximum Gasteiger partial charge on any atom is 0.241 e. The van der Waals surface area contributed by atoms with E-state index in [0.29, 0.717) is 29.7 Å². The molecule has 0 spiro atoms. The van der Waals surface area contributed by atoms with Gasteiger partial charge in [0.15, 0.2) is 0 Å². The van der Waals surface area contributed by atoms with E-state index in [1.54, 1.807) is 0 Å². The van der Waals surface area contributed by atoms with Crippen LogP contribution in [0.5, 0.6) is 0 Å². The van der Waals surface area contributed by atoms with Crippen LogP contribution >= 0.6 is 0 Å². The highest BCUT2D eigenvalue weighted by Gasteiger charge is 2.43. The first-order valence-electron chi connectivity index (χ1n) is 7.87. The van der Waals surface area contributed by atoms with Crippen LogP contribution in [0.15, 0.2) is 0 Å². The minimum atomic E-state index is 0.00921. The topological polar surface area (TPSA) is 32.3 Å². The second-order valence-corrected chi connectivity index (χ2v) is 6.91. The molecule has 0 bridgehead atoms. The van der Waals surface area contributed by atoms with E-state index >= 15 is 0 Å². The van der Waals surface area contributed by atoms with Gasteiger partial charge < -0.3 is 4.90 Å². The van der Waals surface area contributed by atoms with E-state index in [1.165, 1.54) is 0 Å². The van der Waals surface area contributed by atoms with Crippen molar-refractivity contribution in [3.05, 3.63) is 0 Å². The zero-order valence-electron chi connectivity index (χ0n) is 13.7. The Morgan fingerprint density at radius 2 is 1.74 bits per heavy atom. The molecule has 4 atom stereocenters. The maximum atomic E-state index is 12.7. The van der Waals surface area contributed by atoms with Crippen molar-refractivity contribution in [2.45, 2.75) is 79.6 Å². The number of nitrogens with zero attached hydrogens (tertiary/aromatic N) is 1. The predicted molar refractivity (Wildman–Crippen MR) is 80.8 cm³/mol. The van der Waals surface area contributed by atoms with Crippen molar-refractivity contribution in [2.75, 3.05) is 0 Å². The van der Waals surface area contributed by atoms with Crippen LogP contribution in [0.3, 0.4) is 0 Å². The van der Waals surface area contributed by atoms with Crippen molar-refractivity contribution < 1.29 is 4.79 Å². The van der Waals surface area contributed by atoms with Gasteiger partial charge in [-0.2, -0.15) is 0 Å². The van der Waals surface area contributed by atoms with Crippen molar-refractivity contribution in [2.24, 2.45) is 17.8 Å². The normalized spacial score (nSPS) is 27.4. The van der Waals surface area contributed by atoms with Crippen LogP contribution in [0.1, 0.15) is 61.3 Å². The highest BCUT2D eigenvalue weighted by Crippen LogP contribution is 2.27. The second-order valence-electron chi connectivity index (χ2n) is 6.91. The number of nitrogens with one attached hydrogen (secondary N) is 1. The SMILES string of the molecule is CCC(C)C1NC(CC(C)C)N(C(C)C(C)C)C1=O. The monoisotopic (exact) mass is 268 g/mol. The standard InChI is InChI=1S/C16H32N2O/c1-8-12(6)15-16(19)18(13(7)11(4)5)14(17-15)9-10(2)3/h10-15,17H,8-9H2,1-7H3. The van der Waals surface area contributed by atoms with Gasteiger partial charge in [-0.3, -0.25) is 10.1 Å². The lowest BCUT2D eigenvalue weighted by atomic mass is 9.98. The summed E-state index contributed by atoms with van der Waals surface area (Å²) in [5, 5.41) is 3.58. The third kappa shape index (κ3) is 3.71. The number of carbonyl (C=O) groups is 1. The van der Waals surface area contributed by atoms with Gasteiger partial charge in [0.25, 0.3) is 0 Å². The van der Waals surface area contributed by atoms with Gasteiger partial charge in [-0.25, -0.2) is 0 Å². The lowest BCUT2D eigenvalue weighted by Crippen LogP contribution is -2.46. The molecule has 1 aliphatic heterocycles. The fourth-order valence-corrected chi connectivity index (χ4v) is 2.75. The Bertz CT molecular complexity index is 301. The molecule has 1 amide bonds. The van der Waals surface area contributed by atoms with Gasteiger partial charge in [0.2, 0.25) is 5.91 Å². The van der Waals surface area contributed by atoms with Crippen molar-refractivity contribution >= 4 is 5.91 Å². The number of hydrogen-bond donors (Lipinski definition) is 1. The van der Waals surface area contributed by atoms with E-state index < -0.39 is 0 Å². The zero-order valence-corrected chi connectivity index (χ0v) is 13.7. The van der Waals surface area contributed by atoms with E-state index in [-0.39, 0.29) is 12.2 Å². The number of rotatable bonds is 6. The third-order valence-corrected chi connectivity index (χ3v) is 4.54. The summed E-state index contributed by atoms with van der Waals surface area (Å²) in [6.45, 7) is 15.3. The summed E-state index contributed by atoms with van der Waals surface area (Å²) >= 11 is 0. The van der Waals surface area contributed by atoms with Crippen LogP contribution in [0.4, 0.5) is 0 Å². The molecule has 3 nitrogen and oxygen atoms in total. The number of carbonyl (C=O) groups excluding carboxylic acids is 1. The van der Waals surface area contributed by atoms with E-state index in [0.717, 1.165) is 12.8 Å². The molecular weight excluding hydrogens is 236 g/mol. The molecule has 4 unspecified atom stereocenters. The van der Waals surface area contributed by atoms with Crippen molar-refractivity contribution in [1.82, 2.24) is 10.2 Å². The van der Waals surface area contributed by atoms with Crippen LogP contribution in [0.25, 0.3) is 0 Å².